The van der Waals surface area contributed by atoms with E-state index in [1.54, 1.807) is 0 Å². The highest BCUT2D eigenvalue weighted by Crippen LogP contribution is 2.32. The molecular weight excluding hydrogens is 206 g/mol. The molecule has 1 aromatic rings. The second-order valence-electron chi connectivity index (χ2n) is 4.31. The highest BCUT2D eigenvalue weighted by molar-refractivity contribution is 5.09. The number of ether oxygens (including phenoxy) is 1. The zero-order valence-electron chi connectivity index (χ0n) is 9.45. The Morgan fingerprint density at radius 3 is 3.12 bits per heavy atom. The van der Waals surface area contributed by atoms with E-state index < -0.39 is 5.60 Å². The lowest BCUT2D eigenvalue weighted by molar-refractivity contribution is 0.00895. The summed E-state index contributed by atoms with van der Waals surface area (Å²) >= 11 is 0. The van der Waals surface area contributed by atoms with Crippen molar-refractivity contribution < 1.29 is 4.74 Å². The summed E-state index contributed by atoms with van der Waals surface area (Å²) in [7, 11) is 0. The SMILES string of the molecule is CC1(c2nc(CCN)cc(=O)[nH]2)CCCO1. The van der Waals surface area contributed by atoms with Gasteiger partial charge in [-0.2, -0.15) is 0 Å². The third-order valence-corrected chi connectivity index (χ3v) is 2.91. The van der Waals surface area contributed by atoms with E-state index in [1.165, 1.54) is 6.07 Å². The molecule has 0 saturated carbocycles. The molecule has 1 unspecified atom stereocenters. The summed E-state index contributed by atoms with van der Waals surface area (Å²) in [5.74, 6) is 0.626. The van der Waals surface area contributed by atoms with Gasteiger partial charge in [0, 0.05) is 24.8 Å². The normalized spacial score (nSPS) is 24.9. The van der Waals surface area contributed by atoms with Crippen molar-refractivity contribution in [3.8, 4) is 0 Å². The van der Waals surface area contributed by atoms with Crippen LogP contribution in [0.3, 0.4) is 0 Å². The Labute approximate surface area is 94.0 Å². The molecule has 0 aliphatic carbocycles. The molecule has 1 aromatic heterocycles. The average molecular weight is 223 g/mol. The van der Waals surface area contributed by atoms with Crippen LogP contribution in [0.1, 0.15) is 31.3 Å². The summed E-state index contributed by atoms with van der Waals surface area (Å²) in [4.78, 5) is 18.7. The van der Waals surface area contributed by atoms with Crippen LogP contribution in [0, 0.1) is 0 Å². The molecule has 0 radical (unpaired) electrons. The summed E-state index contributed by atoms with van der Waals surface area (Å²) < 4.78 is 5.65. The van der Waals surface area contributed by atoms with Crippen molar-refractivity contribution in [2.75, 3.05) is 13.2 Å². The third kappa shape index (κ3) is 2.15. The molecule has 1 atom stereocenters. The number of rotatable bonds is 3. The molecule has 5 nitrogen and oxygen atoms in total. The van der Waals surface area contributed by atoms with Crippen LogP contribution in [-0.4, -0.2) is 23.1 Å². The molecule has 0 amide bonds. The van der Waals surface area contributed by atoms with Crippen LogP contribution < -0.4 is 11.3 Å². The van der Waals surface area contributed by atoms with E-state index >= 15 is 0 Å². The van der Waals surface area contributed by atoms with Gasteiger partial charge in [0.2, 0.25) is 0 Å². The zero-order chi connectivity index (χ0) is 11.6. The Kier molecular flexibility index (Phi) is 3.07. The molecule has 0 spiro atoms. The van der Waals surface area contributed by atoms with Gasteiger partial charge in [-0.25, -0.2) is 4.98 Å². The molecule has 3 N–H and O–H groups in total. The van der Waals surface area contributed by atoms with Crippen LogP contribution in [0.4, 0.5) is 0 Å². The van der Waals surface area contributed by atoms with E-state index in [9.17, 15) is 4.79 Å². The van der Waals surface area contributed by atoms with Crippen molar-refractivity contribution in [3.05, 3.63) is 27.9 Å². The first kappa shape index (κ1) is 11.3. The van der Waals surface area contributed by atoms with Gasteiger partial charge in [0.25, 0.3) is 5.56 Å². The van der Waals surface area contributed by atoms with Gasteiger partial charge in [-0.15, -0.1) is 0 Å². The predicted molar refractivity (Wildman–Crippen MR) is 60.2 cm³/mol. The van der Waals surface area contributed by atoms with Crippen molar-refractivity contribution in [2.45, 2.75) is 31.8 Å². The summed E-state index contributed by atoms with van der Waals surface area (Å²) in [6.45, 7) is 3.18. The minimum absolute atomic E-state index is 0.134. The highest BCUT2D eigenvalue weighted by Gasteiger charge is 2.34. The molecule has 88 valence electrons. The molecule has 2 rings (SSSR count). The van der Waals surface area contributed by atoms with Gasteiger partial charge in [0.1, 0.15) is 11.4 Å². The quantitative estimate of drug-likeness (QED) is 0.772. The molecule has 0 aromatic carbocycles. The molecule has 2 heterocycles. The summed E-state index contributed by atoms with van der Waals surface area (Å²) in [5, 5.41) is 0. The third-order valence-electron chi connectivity index (χ3n) is 2.91. The maximum absolute atomic E-state index is 11.5. The molecule has 0 bridgehead atoms. The average Bonchev–Trinajstić information content (AvgIpc) is 2.66. The first-order valence-corrected chi connectivity index (χ1v) is 5.59. The molecule has 1 aliphatic rings. The fraction of sp³-hybridized carbons (Fsp3) is 0.636. The molecule has 5 heteroatoms. The zero-order valence-corrected chi connectivity index (χ0v) is 9.45. The second-order valence-corrected chi connectivity index (χ2v) is 4.31. The Morgan fingerprint density at radius 2 is 2.50 bits per heavy atom. The maximum atomic E-state index is 11.5. The Morgan fingerprint density at radius 1 is 1.69 bits per heavy atom. The van der Waals surface area contributed by atoms with Crippen LogP contribution in [0.2, 0.25) is 0 Å². The first-order chi connectivity index (χ1) is 7.64. The van der Waals surface area contributed by atoms with E-state index in [-0.39, 0.29) is 5.56 Å². The van der Waals surface area contributed by atoms with Crippen molar-refractivity contribution in [1.82, 2.24) is 9.97 Å². The van der Waals surface area contributed by atoms with E-state index in [1.807, 2.05) is 6.92 Å². The van der Waals surface area contributed by atoms with Crippen LogP contribution in [0.25, 0.3) is 0 Å². The largest absolute Gasteiger partial charge is 0.367 e. The Bertz CT molecular complexity index is 421. The molecule has 1 saturated heterocycles. The topological polar surface area (TPSA) is 81.0 Å². The van der Waals surface area contributed by atoms with Gasteiger partial charge in [0.05, 0.1) is 0 Å². The number of nitrogens with one attached hydrogen (secondary N) is 1. The maximum Gasteiger partial charge on any atom is 0.251 e. The van der Waals surface area contributed by atoms with E-state index in [0.717, 1.165) is 25.1 Å². The van der Waals surface area contributed by atoms with Crippen molar-refractivity contribution in [1.29, 1.82) is 0 Å². The number of nitrogens with two attached hydrogens (primary N) is 1. The molecular formula is C11H17N3O2. The van der Waals surface area contributed by atoms with Gasteiger partial charge in [0.15, 0.2) is 0 Å². The summed E-state index contributed by atoms with van der Waals surface area (Å²) in [5.41, 5.74) is 5.62. The smallest absolute Gasteiger partial charge is 0.251 e. The van der Waals surface area contributed by atoms with Gasteiger partial charge in [-0.1, -0.05) is 0 Å². The number of H-pyrrole nitrogens is 1. The van der Waals surface area contributed by atoms with Crippen molar-refractivity contribution in [3.63, 3.8) is 0 Å². The summed E-state index contributed by atoms with van der Waals surface area (Å²) in [6, 6.07) is 1.49. The van der Waals surface area contributed by atoms with Gasteiger partial charge < -0.3 is 15.5 Å². The Balaban J connectivity index is 2.36. The molecule has 16 heavy (non-hydrogen) atoms. The van der Waals surface area contributed by atoms with Crippen LogP contribution in [0.15, 0.2) is 10.9 Å². The standard InChI is InChI=1S/C11H17N3O2/c1-11(4-2-6-16-11)10-13-8(3-5-12)7-9(15)14-10/h7H,2-6,12H2,1H3,(H,13,14,15). The minimum Gasteiger partial charge on any atom is -0.367 e. The number of nitrogens with zero attached hydrogens (tertiary/aromatic N) is 1. The highest BCUT2D eigenvalue weighted by atomic mass is 16.5. The molecule has 1 fully saturated rings. The lowest BCUT2D eigenvalue weighted by Crippen LogP contribution is -2.28. The van der Waals surface area contributed by atoms with E-state index in [4.69, 9.17) is 10.5 Å². The van der Waals surface area contributed by atoms with Gasteiger partial charge >= 0.3 is 0 Å². The van der Waals surface area contributed by atoms with Crippen LogP contribution in [0.5, 0.6) is 0 Å². The van der Waals surface area contributed by atoms with E-state index in [0.29, 0.717) is 18.8 Å². The lowest BCUT2D eigenvalue weighted by atomic mass is 10.0. The van der Waals surface area contributed by atoms with Gasteiger partial charge in [-0.05, 0) is 26.3 Å². The second kappa shape index (κ2) is 4.35. The van der Waals surface area contributed by atoms with E-state index in [2.05, 4.69) is 9.97 Å². The minimum atomic E-state index is -0.441. The fourth-order valence-corrected chi connectivity index (χ4v) is 2.00. The lowest BCUT2D eigenvalue weighted by Gasteiger charge is -2.22. The van der Waals surface area contributed by atoms with Gasteiger partial charge in [-0.3, -0.25) is 4.79 Å². The Hall–Kier alpha value is -1.20. The monoisotopic (exact) mass is 223 g/mol. The number of hydrogen-bond acceptors (Lipinski definition) is 4. The number of aromatic amines is 1. The van der Waals surface area contributed by atoms with Crippen LogP contribution >= 0.6 is 0 Å². The number of aromatic nitrogens is 2. The molecule has 1 aliphatic heterocycles. The fourth-order valence-electron chi connectivity index (χ4n) is 2.00. The first-order valence-electron chi connectivity index (χ1n) is 5.59. The van der Waals surface area contributed by atoms with Crippen molar-refractivity contribution in [2.24, 2.45) is 5.73 Å². The van der Waals surface area contributed by atoms with Crippen molar-refractivity contribution >= 4 is 0 Å². The number of hydrogen-bond donors (Lipinski definition) is 2. The van der Waals surface area contributed by atoms with Crippen LogP contribution in [-0.2, 0) is 16.8 Å². The summed E-state index contributed by atoms with van der Waals surface area (Å²) in [6.07, 6.45) is 2.51. The predicted octanol–water partition coefficient (Wildman–Crippen LogP) is 0.297.